The summed E-state index contributed by atoms with van der Waals surface area (Å²) in [7, 11) is 1.57. The zero-order valence-electron chi connectivity index (χ0n) is 6.28. The largest absolute Gasteiger partial charge is 0.497 e. The monoisotopic (exact) mass is 154 g/mol. The fourth-order valence-electron chi connectivity index (χ4n) is 0.935. The van der Waals surface area contributed by atoms with Crippen LogP contribution in [0.2, 0.25) is 0 Å². The third kappa shape index (κ3) is 1.83. The Balaban J connectivity index is 2.57. The van der Waals surface area contributed by atoms with E-state index in [-0.39, 0.29) is 5.92 Å². The molecule has 0 aromatic carbocycles. The number of allylic oxidation sites excluding steroid dienone is 2. The van der Waals surface area contributed by atoms with Gasteiger partial charge >= 0.3 is 5.97 Å². The first kappa shape index (κ1) is 7.85. The smallest absolute Gasteiger partial charge is 0.310 e. The van der Waals surface area contributed by atoms with Crippen molar-refractivity contribution >= 4 is 5.97 Å². The molecular weight excluding hydrogens is 144 g/mol. The number of methoxy groups -OCH3 is 1. The summed E-state index contributed by atoms with van der Waals surface area (Å²) >= 11 is 0. The number of aliphatic carboxylic acids is 1. The molecule has 0 radical (unpaired) electrons. The fraction of sp³-hybridized carbons (Fsp3) is 0.375. The lowest BCUT2D eigenvalue weighted by Gasteiger charge is -2.10. The standard InChI is InChI=1S/C8H10O3/c1-11-7-4-2-6(3-5-7)8(9)10/h2,4-6H,3H2,1H3,(H,9,10). The first-order valence-electron chi connectivity index (χ1n) is 3.39. The molecule has 1 aliphatic carbocycles. The van der Waals surface area contributed by atoms with E-state index in [4.69, 9.17) is 9.84 Å². The maximum absolute atomic E-state index is 10.4. The molecule has 0 aromatic rings. The van der Waals surface area contributed by atoms with Gasteiger partial charge in [0.05, 0.1) is 13.0 Å². The van der Waals surface area contributed by atoms with Crippen molar-refractivity contribution in [2.45, 2.75) is 6.42 Å². The van der Waals surface area contributed by atoms with Gasteiger partial charge in [-0.15, -0.1) is 0 Å². The van der Waals surface area contributed by atoms with Gasteiger partial charge in [-0.1, -0.05) is 6.08 Å². The van der Waals surface area contributed by atoms with Crippen LogP contribution in [0.25, 0.3) is 0 Å². The molecule has 0 amide bonds. The van der Waals surface area contributed by atoms with Crippen molar-refractivity contribution in [2.24, 2.45) is 5.92 Å². The summed E-state index contributed by atoms with van der Waals surface area (Å²) < 4.78 is 4.90. The van der Waals surface area contributed by atoms with Gasteiger partial charge in [-0.25, -0.2) is 0 Å². The quantitative estimate of drug-likeness (QED) is 0.649. The Morgan fingerprint density at radius 1 is 1.82 bits per heavy atom. The molecule has 0 aromatic heterocycles. The van der Waals surface area contributed by atoms with E-state index < -0.39 is 5.97 Å². The van der Waals surface area contributed by atoms with Crippen LogP contribution in [0.4, 0.5) is 0 Å². The summed E-state index contributed by atoms with van der Waals surface area (Å²) in [6.07, 6.45) is 5.62. The fourth-order valence-corrected chi connectivity index (χ4v) is 0.935. The Kier molecular flexibility index (Phi) is 2.31. The molecular formula is C8H10O3. The van der Waals surface area contributed by atoms with Gasteiger partial charge in [-0.05, 0) is 18.6 Å². The summed E-state index contributed by atoms with van der Waals surface area (Å²) in [5.74, 6) is -0.427. The van der Waals surface area contributed by atoms with Crippen LogP contribution >= 0.6 is 0 Å². The maximum atomic E-state index is 10.4. The summed E-state index contributed by atoms with van der Waals surface area (Å²) in [6, 6.07) is 0. The van der Waals surface area contributed by atoms with Crippen molar-refractivity contribution in [1.82, 2.24) is 0 Å². The summed E-state index contributed by atoms with van der Waals surface area (Å²) in [4.78, 5) is 10.4. The number of carboxylic acids is 1. The molecule has 1 unspecified atom stereocenters. The van der Waals surface area contributed by atoms with Crippen molar-refractivity contribution < 1.29 is 14.6 Å². The molecule has 0 saturated carbocycles. The number of carboxylic acid groups (broad SMARTS) is 1. The lowest BCUT2D eigenvalue weighted by molar-refractivity contribution is -0.140. The minimum Gasteiger partial charge on any atom is -0.497 e. The molecule has 0 aliphatic heterocycles. The predicted molar refractivity (Wildman–Crippen MR) is 40.0 cm³/mol. The van der Waals surface area contributed by atoms with E-state index in [1.165, 1.54) is 0 Å². The van der Waals surface area contributed by atoms with Gasteiger partial charge in [-0.3, -0.25) is 4.79 Å². The predicted octanol–water partition coefficient (Wildman–Crippen LogP) is 1.18. The zero-order chi connectivity index (χ0) is 8.27. The molecule has 3 heteroatoms. The molecule has 1 N–H and O–H groups in total. The number of hydrogen-bond donors (Lipinski definition) is 1. The van der Waals surface area contributed by atoms with Crippen molar-refractivity contribution in [3.63, 3.8) is 0 Å². The third-order valence-corrected chi connectivity index (χ3v) is 1.62. The molecule has 0 heterocycles. The Bertz CT molecular complexity index is 215. The molecule has 0 fully saturated rings. The van der Waals surface area contributed by atoms with Gasteiger partial charge in [0.15, 0.2) is 0 Å². The minimum absolute atomic E-state index is 0.381. The topological polar surface area (TPSA) is 46.5 Å². The van der Waals surface area contributed by atoms with E-state index in [1.807, 2.05) is 0 Å². The van der Waals surface area contributed by atoms with E-state index in [1.54, 1.807) is 25.3 Å². The normalized spacial score (nSPS) is 22.6. The lowest BCUT2D eigenvalue weighted by Crippen LogP contribution is -2.12. The Hall–Kier alpha value is -1.25. The van der Waals surface area contributed by atoms with E-state index in [0.717, 1.165) is 5.76 Å². The average Bonchev–Trinajstić information content (AvgIpc) is 2.05. The molecule has 1 atom stereocenters. The first-order chi connectivity index (χ1) is 5.24. The molecule has 0 saturated heterocycles. The highest BCUT2D eigenvalue weighted by Gasteiger charge is 2.15. The average molecular weight is 154 g/mol. The highest BCUT2D eigenvalue weighted by Crippen LogP contribution is 2.16. The molecule has 0 spiro atoms. The second-order valence-corrected chi connectivity index (χ2v) is 2.35. The van der Waals surface area contributed by atoms with Crippen molar-refractivity contribution in [1.29, 1.82) is 0 Å². The third-order valence-electron chi connectivity index (χ3n) is 1.62. The number of hydrogen-bond acceptors (Lipinski definition) is 2. The second kappa shape index (κ2) is 3.23. The van der Waals surface area contributed by atoms with Crippen LogP contribution in [0, 0.1) is 5.92 Å². The molecule has 1 aliphatic rings. The van der Waals surface area contributed by atoms with Gasteiger partial charge in [0.2, 0.25) is 0 Å². The summed E-state index contributed by atoms with van der Waals surface area (Å²) in [5, 5.41) is 8.58. The first-order valence-corrected chi connectivity index (χ1v) is 3.39. The number of carbonyl (C=O) groups is 1. The summed E-state index contributed by atoms with van der Waals surface area (Å²) in [5.41, 5.74) is 0. The van der Waals surface area contributed by atoms with Gasteiger partial charge in [0, 0.05) is 0 Å². The Morgan fingerprint density at radius 2 is 2.55 bits per heavy atom. The Labute approximate surface area is 65.0 Å². The molecule has 11 heavy (non-hydrogen) atoms. The van der Waals surface area contributed by atoms with Crippen LogP contribution < -0.4 is 0 Å². The highest BCUT2D eigenvalue weighted by atomic mass is 16.5. The van der Waals surface area contributed by atoms with E-state index in [2.05, 4.69) is 0 Å². The van der Waals surface area contributed by atoms with E-state index >= 15 is 0 Å². The van der Waals surface area contributed by atoms with E-state index in [9.17, 15) is 4.79 Å². The molecule has 60 valence electrons. The number of rotatable bonds is 2. The SMILES string of the molecule is COC1=CCC(C(=O)O)C=C1. The van der Waals surface area contributed by atoms with Crippen LogP contribution in [0.3, 0.4) is 0 Å². The van der Waals surface area contributed by atoms with Crippen LogP contribution in [0.5, 0.6) is 0 Å². The van der Waals surface area contributed by atoms with Gasteiger partial charge in [0.25, 0.3) is 0 Å². The lowest BCUT2D eigenvalue weighted by atomic mass is 10.0. The van der Waals surface area contributed by atoms with Gasteiger partial charge in [0.1, 0.15) is 5.76 Å². The van der Waals surface area contributed by atoms with Crippen molar-refractivity contribution in [3.8, 4) is 0 Å². The summed E-state index contributed by atoms with van der Waals surface area (Å²) in [6.45, 7) is 0. The molecule has 1 rings (SSSR count). The number of ether oxygens (including phenoxy) is 1. The zero-order valence-corrected chi connectivity index (χ0v) is 6.28. The second-order valence-electron chi connectivity index (χ2n) is 2.35. The van der Waals surface area contributed by atoms with Gasteiger partial charge in [-0.2, -0.15) is 0 Å². The van der Waals surface area contributed by atoms with Crippen LogP contribution in [-0.4, -0.2) is 18.2 Å². The molecule has 3 nitrogen and oxygen atoms in total. The minimum atomic E-state index is -0.785. The van der Waals surface area contributed by atoms with Crippen LogP contribution in [0.1, 0.15) is 6.42 Å². The maximum Gasteiger partial charge on any atom is 0.310 e. The van der Waals surface area contributed by atoms with E-state index in [0.29, 0.717) is 6.42 Å². The van der Waals surface area contributed by atoms with Gasteiger partial charge < -0.3 is 9.84 Å². The highest BCUT2D eigenvalue weighted by molar-refractivity contribution is 5.72. The molecule has 0 bridgehead atoms. The van der Waals surface area contributed by atoms with Crippen LogP contribution in [0.15, 0.2) is 24.0 Å². The van der Waals surface area contributed by atoms with Crippen molar-refractivity contribution in [2.75, 3.05) is 7.11 Å². The Morgan fingerprint density at radius 3 is 2.91 bits per heavy atom. The van der Waals surface area contributed by atoms with Crippen molar-refractivity contribution in [3.05, 3.63) is 24.0 Å². The van der Waals surface area contributed by atoms with Crippen LogP contribution in [-0.2, 0) is 9.53 Å².